The first-order valence-corrected chi connectivity index (χ1v) is 10.2. The van der Waals surface area contributed by atoms with Crippen LogP contribution in [-0.4, -0.2) is 58.0 Å². The summed E-state index contributed by atoms with van der Waals surface area (Å²) in [4.78, 5) is 20.2. The van der Waals surface area contributed by atoms with Gasteiger partial charge in [-0.15, -0.1) is 5.10 Å². The van der Waals surface area contributed by atoms with Crippen LogP contribution in [0.15, 0.2) is 12.1 Å². The quantitative estimate of drug-likeness (QED) is 0.761. The molecule has 1 aromatic carbocycles. The van der Waals surface area contributed by atoms with E-state index in [0.717, 1.165) is 24.3 Å². The van der Waals surface area contributed by atoms with Crippen molar-refractivity contribution in [1.29, 1.82) is 0 Å². The van der Waals surface area contributed by atoms with E-state index in [1.54, 1.807) is 4.90 Å². The summed E-state index contributed by atoms with van der Waals surface area (Å²) in [7, 11) is 0. The van der Waals surface area contributed by atoms with E-state index in [4.69, 9.17) is 33.7 Å². The molecule has 1 amide bonds. The highest BCUT2D eigenvalue weighted by atomic mass is 35.5. The minimum absolute atomic E-state index is 0.0968. The van der Waals surface area contributed by atoms with Crippen molar-refractivity contribution in [2.75, 3.05) is 36.8 Å². The van der Waals surface area contributed by atoms with Crippen molar-refractivity contribution in [1.82, 2.24) is 20.1 Å². The molecule has 0 atom stereocenters. The van der Waals surface area contributed by atoms with Crippen LogP contribution in [0.4, 0.5) is 16.4 Å². The highest BCUT2D eigenvalue weighted by Crippen LogP contribution is 2.46. The van der Waals surface area contributed by atoms with Gasteiger partial charge in [-0.25, -0.2) is 4.79 Å². The van der Waals surface area contributed by atoms with Gasteiger partial charge in [0.25, 0.3) is 0 Å². The molecule has 4 rings (SSSR count). The number of aromatic nitrogens is 3. The number of amides is 1. The summed E-state index contributed by atoms with van der Waals surface area (Å²) < 4.78 is 5.43. The number of benzene rings is 1. The Bertz CT molecular complexity index is 917. The molecule has 2 aromatic rings. The predicted molar refractivity (Wildman–Crippen MR) is 113 cm³/mol. The number of nitrogens with two attached hydrogens (primary N) is 1. The van der Waals surface area contributed by atoms with E-state index < -0.39 is 5.60 Å². The predicted octanol–water partition coefficient (Wildman–Crippen LogP) is 3.34. The van der Waals surface area contributed by atoms with E-state index in [0.29, 0.717) is 35.4 Å². The summed E-state index contributed by atoms with van der Waals surface area (Å²) in [6, 6.07) is 3.78. The maximum Gasteiger partial charge on any atom is 0.410 e. The number of carbonyl (C=O) groups excluding carboxylic acids is 1. The second kappa shape index (κ2) is 6.95. The van der Waals surface area contributed by atoms with Crippen LogP contribution < -0.4 is 10.6 Å². The van der Waals surface area contributed by atoms with Crippen LogP contribution >= 0.6 is 23.2 Å². The Morgan fingerprint density at radius 3 is 2.38 bits per heavy atom. The van der Waals surface area contributed by atoms with Crippen LogP contribution in [0.3, 0.4) is 0 Å². The summed E-state index contributed by atoms with van der Waals surface area (Å²) in [5.41, 5.74) is 6.91. The van der Waals surface area contributed by atoms with Gasteiger partial charge < -0.3 is 20.3 Å². The van der Waals surface area contributed by atoms with Crippen molar-refractivity contribution in [3.05, 3.63) is 33.6 Å². The maximum absolute atomic E-state index is 12.1. The van der Waals surface area contributed by atoms with Gasteiger partial charge in [-0.2, -0.15) is 4.98 Å². The van der Waals surface area contributed by atoms with Crippen LogP contribution in [0, 0.1) is 5.41 Å². The Hall–Kier alpha value is -2.19. The molecule has 10 heteroatoms. The molecule has 2 fully saturated rings. The number of nitrogen functional groups attached to an aromatic ring is 1. The number of hydrogen-bond donors (Lipinski definition) is 2. The third kappa shape index (κ3) is 4.09. The average molecular weight is 439 g/mol. The van der Waals surface area contributed by atoms with Crippen molar-refractivity contribution in [2.45, 2.75) is 32.8 Å². The molecule has 0 aliphatic carbocycles. The zero-order valence-corrected chi connectivity index (χ0v) is 18.1. The summed E-state index contributed by atoms with van der Waals surface area (Å²) >= 11 is 13.1. The average Bonchev–Trinajstić information content (AvgIpc) is 2.89. The summed E-state index contributed by atoms with van der Waals surface area (Å²) in [6.45, 7) is 8.62. The zero-order valence-electron chi connectivity index (χ0n) is 16.6. The molecule has 0 unspecified atom stereocenters. The lowest BCUT2D eigenvalue weighted by atomic mass is 9.73. The van der Waals surface area contributed by atoms with Crippen molar-refractivity contribution in [2.24, 2.45) is 5.41 Å². The SMILES string of the molecule is CC(C)(C)OC(=O)N1CC2(C1)CN(c1c(Cl)cc(Cc3nc(N)n[nH]3)cc1Cl)C2. The van der Waals surface area contributed by atoms with Crippen LogP contribution in [0.25, 0.3) is 0 Å². The summed E-state index contributed by atoms with van der Waals surface area (Å²) in [6.07, 6.45) is 0.258. The number of rotatable bonds is 3. The van der Waals surface area contributed by atoms with Crippen LogP contribution in [0.1, 0.15) is 32.2 Å². The van der Waals surface area contributed by atoms with Gasteiger partial charge in [-0.3, -0.25) is 5.10 Å². The lowest BCUT2D eigenvalue weighted by Crippen LogP contribution is -2.73. The lowest BCUT2D eigenvalue weighted by Gasteiger charge is -2.60. The smallest absolute Gasteiger partial charge is 0.410 e. The highest BCUT2D eigenvalue weighted by Gasteiger charge is 2.54. The molecular formula is C19H24Cl2N6O2. The van der Waals surface area contributed by atoms with Gasteiger partial charge in [0.2, 0.25) is 5.95 Å². The molecule has 0 saturated carbocycles. The minimum Gasteiger partial charge on any atom is -0.444 e. The first kappa shape index (κ1) is 20.1. The van der Waals surface area contributed by atoms with Gasteiger partial charge >= 0.3 is 6.09 Å². The number of carbonyl (C=O) groups is 1. The van der Waals surface area contributed by atoms with Gasteiger partial charge in [0, 0.05) is 38.0 Å². The Balaban J connectivity index is 1.37. The monoisotopic (exact) mass is 438 g/mol. The largest absolute Gasteiger partial charge is 0.444 e. The Morgan fingerprint density at radius 1 is 1.24 bits per heavy atom. The first-order chi connectivity index (χ1) is 13.5. The number of hydrogen-bond acceptors (Lipinski definition) is 6. The normalized spacial score (nSPS) is 17.8. The van der Waals surface area contributed by atoms with E-state index >= 15 is 0 Å². The van der Waals surface area contributed by atoms with E-state index in [1.807, 2.05) is 32.9 Å². The van der Waals surface area contributed by atoms with Gasteiger partial charge in [-0.1, -0.05) is 23.2 Å². The van der Waals surface area contributed by atoms with E-state index in [9.17, 15) is 4.79 Å². The fourth-order valence-corrected chi connectivity index (χ4v) is 4.72. The minimum atomic E-state index is -0.480. The number of nitrogens with one attached hydrogen (secondary N) is 1. The summed E-state index contributed by atoms with van der Waals surface area (Å²) in [5.74, 6) is 0.864. The molecule has 29 heavy (non-hydrogen) atoms. The maximum atomic E-state index is 12.1. The molecule has 2 aliphatic rings. The second-order valence-corrected chi connectivity index (χ2v) is 9.73. The number of nitrogens with zero attached hydrogens (tertiary/aromatic N) is 4. The van der Waals surface area contributed by atoms with Crippen LogP contribution in [0.5, 0.6) is 0 Å². The molecule has 1 aromatic heterocycles. The Kier molecular flexibility index (Phi) is 4.82. The number of halogens is 2. The fraction of sp³-hybridized carbons (Fsp3) is 0.526. The van der Waals surface area contributed by atoms with E-state index in [-0.39, 0.29) is 17.5 Å². The molecule has 156 valence electrons. The molecule has 2 saturated heterocycles. The number of H-pyrrole nitrogens is 1. The van der Waals surface area contributed by atoms with E-state index in [2.05, 4.69) is 20.1 Å². The number of anilines is 2. The van der Waals surface area contributed by atoms with Gasteiger partial charge in [0.15, 0.2) is 0 Å². The second-order valence-electron chi connectivity index (χ2n) is 8.92. The molecule has 0 bridgehead atoms. The highest BCUT2D eigenvalue weighted by molar-refractivity contribution is 6.39. The zero-order chi connectivity index (χ0) is 21.0. The molecular weight excluding hydrogens is 415 g/mol. The summed E-state index contributed by atoms with van der Waals surface area (Å²) in [5, 5.41) is 7.80. The fourth-order valence-electron chi connectivity index (χ4n) is 3.95. The van der Waals surface area contributed by atoms with Crippen molar-refractivity contribution >= 4 is 40.9 Å². The third-order valence-electron chi connectivity index (χ3n) is 5.07. The molecule has 1 spiro atoms. The van der Waals surface area contributed by atoms with Crippen molar-refractivity contribution in [3.63, 3.8) is 0 Å². The van der Waals surface area contributed by atoms with E-state index in [1.165, 1.54) is 0 Å². The molecule has 2 aliphatic heterocycles. The van der Waals surface area contributed by atoms with Crippen molar-refractivity contribution < 1.29 is 9.53 Å². The molecule has 3 N–H and O–H groups in total. The first-order valence-electron chi connectivity index (χ1n) is 9.41. The molecule has 3 heterocycles. The van der Waals surface area contributed by atoms with Gasteiger partial charge in [0.1, 0.15) is 11.4 Å². The molecule has 0 radical (unpaired) electrons. The van der Waals surface area contributed by atoms with Crippen molar-refractivity contribution in [3.8, 4) is 0 Å². The lowest BCUT2D eigenvalue weighted by molar-refractivity contribution is -0.0452. The number of likely N-dealkylation sites (tertiary alicyclic amines) is 1. The number of aromatic amines is 1. The number of ether oxygens (including phenoxy) is 1. The Labute approximate surface area is 179 Å². The van der Waals surface area contributed by atoms with Gasteiger partial charge in [0.05, 0.1) is 15.7 Å². The third-order valence-corrected chi connectivity index (χ3v) is 5.65. The van der Waals surface area contributed by atoms with Crippen LogP contribution in [0.2, 0.25) is 10.0 Å². The Morgan fingerprint density at radius 2 is 1.86 bits per heavy atom. The topological polar surface area (TPSA) is 100 Å². The molecule has 8 nitrogen and oxygen atoms in total. The van der Waals surface area contributed by atoms with Crippen LogP contribution in [-0.2, 0) is 11.2 Å². The van der Waals surface area contributed by atoms with Gasteiger partial charge in [-0.05, 0) is 38.5 Å². The standard InChI is InChI=1S/C19H24Cl2N6O2/c1-18(2,3)29-17(28)27-9-19(10-27)7-26(8-19)15-12(20)4-11(5-13(15)21)6-14-23-16(22)25-24-14/h4-5H,6-10H2,1-3H3,(H3,22,23,24,25).